The average Bonchev–Trinajstić information content (AvgIpc) is 2.54. The quantitative estimate of drug-likeness (QED) is 0.285. The highest BCUT2D eigenvalue weighted by Gasteiger charge is 2.22. The van der Waals surface area contributed by atoms with Gasteiger partial charge in [-0.25, -0.2) is 9.78 Å². The Labute approximate surface area is 144 Å². The lowest BCUT2D eigenvalue weighted by Gasteiger charge is -2.23. The summed E-state index contributed by atoms with van der Waals surface area (Å²) in [5.41, 5.74) is 13.0. The van der Waals surface area contributed by atoms with Gasteiger partial charge in [0.25, 0.3) is 0 Å². The Morgan fingerprint density at radius 2 is 1.92 bits per heavy atom. The van der Waals surface area contributed by atoms with E-state index in [0.29, 0.717) is 10.9 Å². The van der Waals surface area contributed by atoms with Crippen molar-refractivity contribution in [3.8, 4) is 11.5 Å². The predicted octanol–water partition coefficient (Wildman–Crippen LogP) is 1.64. The molecule has 0 bridgehead atoms. The smallest absolute Gasteiger partial charge is 0.340 e. The third kappa shape index (κ3) is 3.69. The van der Waals surface area contributed by atoms with E-state index in [1.807, 2.05) is 30.3 Å². The van der Waals surface area contributed by atoms with E-state index in [2.05, 4.69) is 4.98 Å². The number of fused-ring (bicyclic) bond motifs is 2. The standard InChI is InChI=1S/C18H19N3O4/c1-10(22)17(23)24-15-8-7-14-12(16(15)25-18(2,19)20)9-11-5-3-4-6-13(11)21-14/h3-10,22H,19-20H2,1-2H3. The van der Waals surface area contributed by atoms with Gasteiger partial charge in [-0.1, -0.05) is 18.2 Å². The number of aromatic nitrogens is 1. The lowest BCUT2D eigenvalue weighted by molar-refractivity contribution is -0.142. The van der Waals surface area contributed by atoms with Crippen LogP contribution in [0.3, 0.4) is 0 Å². The molecule has 1 atom stereocenters. The van der Waals surface area contributed by atoms with Crippen LogP contribution in [-0.4, -0.2) is 28.0 Å². The van der Waals surface area contributed by atoms with Crippen LogP contribution in [0.1, 0.15) is 13.8 Å². The number of carbonyl (C=O) groups is 1. The highest BCUT2D eigenvalue weighted by Crippen LogP contribution is 2.37. The third-order valence-corrected chi connectivity index (χ3v) is 3.49. The monoisotopic (exact) mass is 341 g/mol. The first-order valence-electron chi connectivity index (χ1n) is 7.73. The van der Waals surface area contributed by atoms with Crippen molar-refractivity contribution in [2.45, 2.75) is 25.8 Å². The van der Waals surface area contributed by atoms with Crippen LogP contribution in [0.5, 0.6) is 11.5 Å². The number of carbonyl (C=O) groups excluding carboxylic acids is 1. The summed E-state index contributed by atoms with van der Waals surface area (Å²) in [4.78, 5) is 16.3. The van der Waals surface area contributed by atoms with Crippen LogP contribution in [-0.2, 0) is 4.79 Å². The number of hydrogen-bond acceptors (Lipinski definition) is 7. The minimum Gasteiger partial charge on any atom is -0.456 e. The molecule has 1 heterocycles. The van der Waals surface area contributed by atoms with Crippen LogP contribution >= 0.6 is 0 Å². The Hall–Kier alpha value is -2.74. The summed E-state index contributed by atoms with van der Waals surface area (Å²) in [7, 11) is 0. The normalized spacial score (nSPS) is 13.0. The lowest BCUT2D eigenvalue weighted by atomic mass is 10.1. The molecule has 0 amide bonds. The van der Waals surface area contributed by atoms with Crippen molar-refractivity contribution in [2.75, 3.05) is 0 Å². The summed E-state index contributed by atoms with van der Waals surface area (Å²) in [6, 6.07) is 12.7. The fourth-order valence-electron chi connectivity index (χ4n) is 2.40. The summed E-state index contributed by atoms with van der Waals surface area (Å²) in [5, 5.41) is 10.9. The van der Waals surface area contributed by atoms with Crippen molar-refractivity contribution in [1.82, 2.24) is 4.98 Å². The topological polar surface area (TPSA) is 121 Å². The molecule has 3 rings (SSSR count). The van der Waals surface area contributed by atoms with Gasteiger partial charge in [0.05, 0.1) is 11.0 Å². The second-order valence-corrected chi connectivity index (χ2v) is 6.02. The minimum atomic E-state index is -1.49. The third-order valence-electron chi connectivity index (χ3n) is 3.49. The van der Waals surface area contributed by atoms with Crippen LogP contribution in [0.25, 0.3) is 21.8 Å². The molecule has 0 aliphatic heterocycles. The number of benzene rings is 2. The number of hydrogen-bond donors (Lipinski definition) is 3. The van der Waals surface area contributed by atoms with Gasteiger partial charge in [-0.05, 0) is 31.2 Å². The zero-order valence-corrected chi connectivity index (χ0v) is 13.9. The van der Waals surface area contributed by atoms with Crippen molar-refractivity contribution in [3.05, 3.63) is 42.5 Å². The van der Waals surface area contributed by atoms with Gasteiger partial charge in [-0.3, -0.25) is 11.5 Å². The average molecular weight is 341 g/mol. The second kappa shape index (κ2) is 6.29. The molecule has 25 heavy (non-hydrogen) atoms. The molecule has 2 aromatic carbocycles. The molecule has 7 heteroatoms. The van der Waals surface area contributed by atoms with Crippen molar-refractivity contribution in [1.29, 1.82) is 0 Å². The molecule has 130 valence electrons. The maximum Gasteiger partial charge on any atom is 0.340 e. The van der Waals surface area contributed by atoms with E-state index in [9.17, 15) is 9.90 Å². The number of nitrogens with zero attached hydrogens (tertiary/aromatic N) is 1. The molecule has 0 aliphatic rings. The number of rotatable bonds is 4. The highest BCUT2D eigenvalue weighted by atomic mass is 16.6. The molecule has 5 N–H and O–H groups in total. The van der Waals surface area contributed by atoms with Crippen molar-refractivity contribution in [2.24, 2.45) is 11.5 Å². The first-order valence-corrected chi connectivity index (χ1v) is 7.73. The Bertz CT molecular complexity index is 948. The molecule has 0 fully saturated rings. The van der Waals surface area contributed by atoms with Gasteiger partial charge >= 0.3 is 5.97 Å². The van der Waals surface area contributed by atoms with E-state index in [-0.39, 0.29) is 11.5 Å². The Morgan fingerprint density at radius 3 is 2.60 bits per heavy atom. The highest BCUT2D eigenvalue weighted by molar-refractivity contribution is 5.97. The van der Waals surface area contributed by atoms with Crippen molar-refractivity contribution >= 4 is 27.8 Å². The number of pyridine rings is 1. The lowest BCUT2D eigenvalue weighted by Crippen LogP contribution is -2.51. The maximum atomic E-state index is 11.8. The maximum absolute atomic E-state index is 11.8. The number of esters is 1. The molecule has 0 spiro atoms. The largest absolute Gasteiger partial charge is 0.456 e. The van der Waals surface area contributed by atoms with E-state index in [1.165, 1.54) is 19.9 Å². The van der Waals surface area contributed by atoms with Crippen LogP contribution in [0.4, 0.5) is 0 Å². The molecular weight excluding hydrogens is 322 g/mol. The summed E-state index contributed by atoms with van der Waals surface area (Å²) in [6.45, 7) is 2.79. The number of ether oxygens (including phenoxy) is 2. The van der Waals surface area contributed by atoms with Gasteiger partial charge in [0.1, 0.15) is 6.10 Å². The van der Waals surface area contributed by atoms with Crippen LogP contribution < -0.4 is 20.9 Å². The molecule has 7 nitrogen and oxygen atoms in total. The molecule has 0 saturated heterocycles. The fourth-order valence-corrected chi connectivity index (χ4v) is 2.40. The molecule has 0 radical (unpaired) electrons. The van der Waals surface area contributed by atoms with Crippen LogP contribution in [0, 0.1) is 0 Å². The second-order valence-electron chi connectivity index (χ2n) is 6.02. The van der Waals surface area contributed by atoms with Gasteiger partial charge in [-0.2, -0.15) is 0 Å². The number of aliphatic hydroxyl groups is 1. The van der Waals surface area contributed by atoms with Gasteiger partial charge < -0.3 is 14.6 Å². The van der Waals surface area contributed by atoms with E-state index < -0.39 is 17.9 Å². The Kier molecular flexibility index (Phi) is 4.30. The zero-order valence-electron chi connectivity index (χ0n) is 13.9. The first kappa shape index (κ1) is 17.1. The summed E-state index contributed by atoms with van der Waals surface area (Å²) in [5.74, 6) is -2.00. The number of para-hydroxylation sites is 1. The van der Waals surface area contributed by atoms with Crippen LogP contribution in [0.2, 0.25) is 0 Å². The van der Waals surface area contributed by atoms with E-state index in [0.717, 1.165) is 10.9 Å². The minimum absolute atomic E-state index is 0.109. The van der Waals surface area contributed by atoms with Crippen molar-refractivity contribution < 1.29 is 19.4 Å². The van der Waals surface area contributed by atoms with E-state index in [4.69, 9.17) is 20.9 Å². The Morgan fingerprint density at radius 1 is 1.20 bits per heavy atom. The van der Waals surface area contributed by atoms with E-state index >= 15 is 0 Å². The molecular formula is C18H19N3O4. The van der Waals surface area contributed by atoms with Crippen molar-refractivity contribution in [3.63, 3.8) is 0 Å². The Balaban J connectivity index is 2.22. The predicted molar refractivity (Wildman–Crippen MR) is 94.0 cm³/mol. The van der Waals surface area contributed by atoms with Gasteiger partial charge in [0.15, 0.2) is 11.5 Å². The zero-order chi connectivity index (χ0) is 18.2. The molecule has 1 aromatic heterocycles. The van der Waals surface area contributed by atoms with Gasteiger partial charge in [0.2, 0.25) is 5.85 Å². The molecule has 0 saturated carbocycles. The fraction of sp³-hybridized carbons (Fsp3) is 0.222. The summed E-state index contributed by atoms with van der Waals surface area (Å²) in [6.07, 6.45) is -1.28. The van der Waals surface area contributed by atoms with E-state index in [1.54, 1.807) is 6.07 Å². The molecule has 0 aliphatic carbocycles. The summed E-state index contributed by atoms with van der Waals surface area (Å²) >= 11 is 0. The summed E-state index contributed by atoms with van der Waals surface area (Å²) < 4.78 is 10.9. The molecule has 3 aromatic rings. The number of aliphatic hydroxyl groups excluding tert-OH is 1. The number of nitrogens with two attached hydrogens (primary N) is 2. The van der Waals surface area contributed by atoms with Gasteiger partial charge in [-0.15, -0.1) is 0 Å². The SMILES string of the molecule is CC(O)C(=O)Oc1ccc2nc3ccccc3cc2c1OC(C)(N)N. The first-order chi connectivity index (χ1) is 11.7. The molecule has 1 unspecified atom stereocenters. The van der Waals surface area contributed by atoms with Crippen LogP contribution in [0.15, 0.2) is 42.5 Å². The van der Waals surface area contributed by atoms with Gasteiger partial charge in [0, 0.05) is 17.7 Å².